The van der Waals surface area contributed by atoms with Gasteiger partial charge >= 0.3 is 6.03 Å². The molecular weight excluding hydrogens is 228 g/mol. The minimum atomic E-state index is 0.0843. The summed E-state index contributed by atoms with van der Waals surface area (Å²) in [6.07, 6.45) is 0. The SMILES string of the molecule is CC(C)CN1CCN(C(=O)NCCN(C)C)CC1. The van der Waals surface area contributed by atoms with E-state index in [1.807, 2.05) is 19.0 Å². The maximum absolute atomic E-state index is 11.9. The van der Waals surface area contributed by atoms with Crippen molar-refractivity contribution in [1.29, 1.82) is 0 Å². The van der Waals surface area contributed by atoms with E-state index in [0.717, 1.165) is 45.8 Å². The number of piperazine rings is 1. The predicted molar refractivity (Wildman–Crippen MR) is 74.8 cm³/mol. The van der Waals surface area contributed by atoms with Gasteiger partial charge in [0.1, 0.15) is 0 Å². The van der Waals surface area contributed by atoms with Crippen molar-refractivity contribution < 1.29 is 4.79 Å². The van der Waals surface area contributed by atoms with Crippen LogP contribution in [0.4, 0.5) is 4.79 Å². The van der Waals surface area contributed by atoms with Crippen molar-refractivity contribution in [1.82, 2.24) is 20.0 Å². The fourth-order valence-corrected chi connectivity index (χ4v) is 2.15. The number of rotatable bonds is 5. The first-order valence-corrected chi connectivity index (χ1v) is 6.89. The largest absolute Gasteiger partial charge is 0.337 e. The first-order chi connectivity index (χ1) is 8.49. The number of nitrogens with zero attached hydrogens (tertiary/aromatic N) is 3. The van der Waals surface area contributed by atoms with Crippen LogP contribution in [0.15, 0.2) is 0 Å². The van der Waals surface area contributed by atoms with Gasteiger partial charge < -0.3 is 15.1 Å². The fraction of sp³-hybridized carbons (Fsp3) is 0.923. The normalized spacial score (nSPS) is 17.6. The molecule has 1 aliphatic rings. The highest BCUT2D eigenvalue weighted by atomic mass is 16.2. The summed E-state index contributed by atoms with van der Waals surface area (Å²) < 4.78 is 0. The summed E-state index contributed by atoms with van der Waals surface area (Å²) >= 11 is 0. The molecule has 0 spiro atoms. The summed E-state index contributed by atoms with van der Waals surface area (Å²) in [5.41, 5.74) is 0. The van der Waals surface area contributed by atoms with Gasteiger partial charge in [-0.2, -0.15) is 0 Å². The Morgan fingerprint density at radius 2 is 1.83 bits per heavy atom. The lowest BCUT2D eigenvalue weighted by atomic mass is 10.2. The molecule has 0 aromatic heterocycles. The summed E-state index contributed by atoms with van der Waals surface area (Å²) in [4.78, 5) is 18.3. The highest BCUT2D eigenvalue weighted by Gasteiger charge is 2.20. The van der Waals surface area contributed by atoms with Crippen LogP contribution in [-0.4, -0.2) is 80.6 Å². The zero-order chi connectivity index (χ0) is 13.5. The molecule has 1 rings (SSSR count). The Bertz CT molecular complexity index is 247. The van der Waals surface area contributed by atoms with Crippen molar-refractivity contribution in [2.75, 3.05) is 59.9 Å². The molecule has 2 amide bonds. The molecule has 0 radical (unpaired) electrons. The Balaban J connectivity index is 2.19. The molecule has 1 N–H and O–H groups in total. The van der Waals surface area contributed by atoms with Gasteiger partial charge in [0, 0.05) is 45.8 Å². The van der Waals surface area contributed by atoms with Crippen LogP contribution in [0.2, 0.25) is 0 Å². The molecule has 1 fully saturated rings. The Labute approximate surface area is 111 Å². The van der Waals surface area contributed by atoms with Gasteiger partial charge in [0.2, 0.25) is 0 Å². The summed E-state index contributed by atoms with van der Waals surface area (Å²) in [5, 5.41) is 2.97. The summed E-state index contributed by atoms with van der Waals surface area (Å²) in [6, 6.07) is 0.0843. The van der Waals surface area contributed by atoms with Crippen LogP contribution in [0.3, 0.4) is 0 Å². The third kappa shape index (κ3) is 5.69. The van der Waals surface area contributed by atoms with Gasteiger partial charge in [-0.25, -0.2) is 4.79 Å². The van der Waals surface area contributed by atoms with Crippen molar-refractivity contribution in [3.8, 4) is 0 Å². The van der Waals surface area contributed by atoms with Gasteiger partial charge in [-0.1, -0.05) is 13.8 Å². The maximum Gasteiger partial charge on any atom is 0.317 e. The van der Waals surface area contributed by atoms with E-state index in [0.29, 0.717) is 5.92 Å². The molecule has 5 heteroatoms. The third-order valence-corrected chi connectivity index (χ3v) is 3.12. The molecule has 1 heterocycles. The minimum Gasteiger partial charge on any atom is -0.337 e. The number of carbonyl (C=O) groups excluding carboxylic acids is 1. The molecule has 0 unspecified atom stereocenters. The van der Waals surface area contributed by atoms with E-state index in [9.17, 15) is 4.79 Å². The second-order valence-electron chi connectivity index (χ2n) is 5.72. The van der Waals surface area contributed by atoms with Crippen molar-refractivity contribution in [3.05, 3.63) is 0 Å². The second kappa shape index (κ2) is 7.59. The van der Waals surface area contributed by atoms with Crippen LogP contribution >= 0.6 is 0 Å². The Morgan fingerprint density at radius 3 is 2.33 bits per heavy atom. The summed E-state index contributed by atoms with van der Waals surface area (Å²) in [7, 11) is 4.02. The lowest BCUT2D eigenvalue weighted by Gasteiger charge is -2.35. The Kier molecular flexibility index (Phi) is 6.43. The van der Waals surface area contributed by atoms with Crippen molar-refractivity contribution in [2.24, 2.45) is 5.92 Å². The number of nitrogens with one attached hydrogen (secondary N) is 1. The first-order valence-electron chi connectivity index (χ1n) is 6.89. The highest BCUT2D eigenvalue weighted by Crippen LogP contribution is 2.05. The number of hydrogen-bond acceptors (Lipinski definition) is 3. The molecule has 1 aliphatic heterocycles. The average molecular weight is 256 g/mol. The van der Waals surface area contributed by atoms with Gasteiger partial charge in [0.15, 0.2) is 0 Å². The van der Waals surface area contributed by atoms with E-state index in [-0.39, 0.29) is 6.03 Å². The van der Waals surface area contributed by atoms with Crippen LogP contribution < -0.4 is 5.32 Å². The van der Waals surface area contributed by atoms with Crippen LogP contribution in [0, 0.1) is 5.92 Å². The van der Waals surface area contributed by atoms with E-state index in [1.165, 1.54) is 0 Å². The number of carbonyl (C=O) groups is 1. The molecule has 106 valence electrons. The smallest absolute Gasteiger partial charge is 0.317 e. The van der Waals surface area contributed by atoms with Gasteiger partial charge in [-0.3, -0.25) is 4.90 Å². The van der Waals surface area contributed by atoms with Gasteiger partial charge in [-0.15, -0.1) is 0 Å². The second-order valence-corrected chi connectivity index (χ2v) is 5.72. The Morgan fingerprint density at radius 1 is 1.22 bits per heavy atom. The number of urea groups is 1. The quantitative estimate of drug-likeness (QED) is 0.780. The summed E-state index contributed by atoms with van der Waals surface area (Å²) in [6.45, 7) is 10.9. The van der Waals surface area contributed by atoms with E-state index in [2.05, 4.69) is 29.0 Å². The first kappa shape index (κ1) is 15.2. The molecule has 5 nitrogen and oxygen atoms in total. The maximum atomic E-state index is 11.9. The molecule has 0 aromatic rings. The predicted octanol–water partition coefficient (Wildman–Crippen LogP) is 0.531. The van der Waals surface area contributed by atoms with Crippen LogP contribution in [0.1, 0.15) is 13.8 Å². The lowest BCUT2D eigenvalue weighted by Crippen LogP contribution is -2.52. The number of likely N-dealkylation sites (N-methyl/N-ethyl adjacent to an activating group) is 1. The van der Waals surface area contributed by atoms with Crippen molar-refractivity contribution in [2.45, 2.75) is 13.8 Å². The van der Waals surface area contributed by atoms with Gasteiger partial charge in [0.25, 0.3) is 0 Å². The fourth-order valence-electron chi connectivity index (χ4n) is 2.15. The molecular formula is C13H28N4O. The van der Waals surface area contributed by atoms with E-state index < -0.39 is 0 Å². The van der Waals surface area contributed by atoms with Crippen LogP contribution in [0.25, 0.3) is 0 Å². The number of hydrogen-bond donors (Lipinski definition) is 1. The third-order valence-electron chi connectivity index (χ3n) is 3.12. The van der Waals surface area contributed by atoms with Gasteiger partial charge in [-0.05, 0) is 20.0 Å². The van der Waals surface area contributed by atoms with E-state index in [4.69, 9.17) is 0 Å². The number of amides is 2. The molecule has 0 aliphatic carbocycles. The molecule has 1 saturated heterocycles. The van der Waals surface area contributed by atoms with Crippen molar-refractivity contribution >= 4 is 6.03 Å². The molecule has 0 aromatic carbocycles. The highest BCUT2D eigenvalue weighted by molar-refractivity contribution is 5.74. The zero-order valence-corrected chi connectivity index (χ0v) is 12.3. The molecule has 18 heavy (non-hydrogen) atoms. The molecule has 0 atom stereocenters. The average Bonchev–Trinajstić information content (AvgIpc) is 2.28. The van der Waals surface area contributed by atoms with Crippen LogP contribution in [-0.2, 0) is 0 Å². The summed E-state index contributed by atoms with van der Waals surface area (Å²) in [5.74, 6) is 0.700. The van der Waals surface area contributed by atoms with Crippen LogP contribution in [0.5, 0.6) is 0 Å². The standard InChI is InChI=1S/C13H28N4O/c1-12(2)11-16-7-9-17(10-8-16)13(18)14-5-6-15(3)4/h12H,5-11H2,1-4H3,(H,14,18). The topological polar surface area (TPSA) is 38.8 Å². The minimum absolute atomic E-state index is 0.0843. The van der Waals surface area contributed by atoms with Gasteiger partial charge in [0.05, 0.1) is 0 Å². The molecule has 0 bridgehead atoms. The van der Waals surface area contributed by atoms with E-state index >= 15 is 0 Å². The zero-order valence-electron chi connectivity index (χ0n) is 12.3. The van der Waals surface area contributed by atoms with E-state index in [1.54, 1.807) is 0 Å². The Hall–Kier alpha value is -0.810. The monoisotopic (exact) mass is 256 g/mol. The van der Waals surface area contributed by atoms with Crippen molar-refractivity contribution in [3.63, 3.8) is 0 Å². The molecule has 0 saturated carbocycles. The lowest BCUT2D eigenvalue weighted by molar-refractivity contribution is 0.131.